The van der Waals surface area contributed by atoms with Crippen LogP contribution >= 0.6 is 11.3 Å². The van der Waals surface area contributed by atoms with E-state index in [-0.39, 0.29) is 15.5 Å². The zero-order valence-electron chi connectivity index (χ0n) is 10.6. The summed E-state index contributed by atoms with van der Waals surface area (Å²) in [6.45, 7) is 1.58. The van der Waals surface area contributed by atoms with Crippen LogP contribution in [0.4, 0.5) is 0 Å². The number of benzene rings is 1. The molecule has 0 saturated carbocycles. The monoisotopic (exact) mass is 312 g/mol. The van der Waals surface area contributed by atoms with E-state index in [0.717, 1.165) is 11.3 Å². The van der Waals surface area contributed by atoms with Gasteiger partial charge in [0.25, 0.3) is 0 Å². The van der Waals surface area contributed by atoms with E-state index in [1.807, 2.05) is 0 Å². The van der Waals surface area contributed by atoms with Gasteiger partial charge in [0.15, 0.2) is 9.84 Å². The van der Waals surface area contributed by atoms with Crippen molar-refractivity contribution in [2.45, 2.75) is 11.8 Å². The molecule has 1 aromatic carbocycles. The first kappa shape index (κ1) is 14.5. The fourth-order valence-electron chi connectivity index (χ4n) is 1.50. The van der Waals surface area contributed by atoms with Crippen molar-refractivity contribution in [2.24, 2.45) is 0 Å². The van der Waals surface area contributed by atoms with E-state index in [9.17, 15) is 13.2 Å². The van der Waals surface area contributed by atoms with Gasteiger partial charge in [0.05, 0.1) is 10.6 Å². The molecule has 20 heavy (non-hydrogen) atoms. The van der Waals surface area contributed by atoms with Crippen LogP contribution in [0.3, 0.4) is 0 Å². The molecule has 0 aliphatic carbocycles. The maximum atomic E-state index is 11.6. The van der Waals surface area contributed by atoms with Gasteiger partial charge in [-0.25, -0.2) is 13.2 Å². The topological polar surface area (TPSA) is 80.7 Å². The van der Waals surface area contributed by atoms with Gasteiger partial charge >= 0.3 is 5.97 Å². The molecule has 7 heteroatoms. The average molecular weight is 312 g/mol. The third-order valence-electron chi connectivity index (χ3n) is 2.58. The van der Waals surface area contributed by atoms with Gasteiger partial charge in [0.2, 0.25) is 0 Å². The molecule has 0 aliphatic heterocycles. The second-order valence-corrected chi connectivity index (χ2v) is 7.12. The quantitative estimate of drug-likeness (QED) is 0.917. The van der Waals surface area contributed by atoms with Crippen LogP contribution in [-0.4, -0.2) is 25.2 Å². The summed E-state index contributed by atoms with van der Waals surface area (Å²) in [5.74, 6) is -0.0952. The maximum Gasteiger partial charge on any atom is 0.346 e. The Morgan fingerprint density at radius 1 is 1.25 bits per heavy atom. The minimum Gasteiger partial charge on any atom is -0.477 e. The van der Waals surface area contributed by atoms with Gasteiger partial charge < -0.3 is 9.84 Å². The molecule has 5 nitrogen and oxygen atoms in total. The molecule has 0 atom stereocenters. The van der Waals surface area contributed by atoms with Gasteiger partial charge in [-0.3, -0.25) is 0 Å². The van der Waals surface area contributed by atoms with Gasteiger partial charge in [0, 0.05) is 11.4 Å². The number of hydrogen-bond donors (Lipinski definition) is 1. The van der Waals surface area contributed by atoms with Gasteiger partial charge in [-0.2, -0.15) is 0 Å². The normalized spacial score (nSPS) is 11.2. The molecule has 0 saturated heterocycles. The Morgan fingerprint density at radius 2 is 1.90 bits per heavy atom. The molecule has 0 bridgehead atoms. The highest BCUT2D eigenvalue weighted by Gasteiger charge is 2.12. The molecule has 1 heterocycles. The highest BCUT2D eigenvalue weighted by molar-refractivity contribution is 7.91. The molecule has 0 spiro atoms. The van der Waals surface area contributed by atoms with E-state index in [1.54, 1.807) is 24.4 Å². The van der Waals surface area contributed by atoms with E-state index in [4.69, 9.17) is 9.84 Å². The van der Waals surface area contributed by atoms with Gasteiger partial charge in [-0.05, 0) is 24.3 Å². The van der Waals surface area contributed by atoms with Crippen molar-refractivity contribution in [2.75, 3.05) is 5.75 Å². The molecule has 2 aromatic rings. The van der Waals surface area contributed by atoms with Crippen LogP contribution in [0, 0.1) is 0 Å². The number of thiophene rings is 1. The lowest BCUT2D eigenvalue weighted by Gasteiger charge is -2.05. The summed E-state index contributed by atoms with van der Waals surface area (Å²) in [5.41, 5.74) is 0. The van der Waals surface area contributed by atoms with Gasteiger partial charge in [-0.1, -0.05) is 6.92 Å². The molecular weight excluding hydrogens is 300 g/mol. The summed E-state index contributed by atoms with van der Waals surface area (Å²) in [4.78, 5) is 11.2. The number of ether oxygens (including phenoxy) is 1. The zero-order chi connectivity index (χ0) is 14.8. The number of rotatable bonds is 5. The standard InChI is InChI=1S/C13H12O5S2/c1-2-20(16,17)11-5-3-9(4-6-11)18-10-7-12(13(14)15)19-8-10/h3-8H,2H2,1H3,(H,14,15). The molecule has 0 unspecified atom stereocenters. The minimum atomic E-state index is -3.23. The molecule has 0 aliphatic rings. The predicted molar refractivity (Wildman–Crippen MR) is 75.5 cm³/mol. The van der Waals surface area contributed by atoms with Crippen LogP contribution < -0.4 is 4.74 Å². The van der Waals surface area contributed by atoms with Crippen molar-refractivity contribution in [3.63, 3.8) is 0 Å². The largest absolute Gasteiger partial charge is 0.477 e. The molecule has 1 aromatic heterocycles. The first-order chi connectivity index (χ1) is 9.42. The second kappa shape index (κ2) is 5.64. The van der Waals surface area contributed by atoms with Crippen LogP contribution in [0.2, 0.25) is 0 Å². The number of sulfone groups is 1. The fourth-order valence-corrected chi connectivity index (χ4v) is 3.03. The SMILES string of the molecule is CCS(=O)(=O)c1ccc(Oc2csc(C(=O)O)c2)cc1. The van der Waals surface area contributed by atoms with Crippen LogP contribution in [0.5, 0.6) is 11.5 Å². The van der Waals surface area contributed by atoms with Gasteiger partial charge in [-0.15, -0.1) is 11.3 Å². The first-order valence-electron chi connectivity index (χ1n) is 5.75. The van der Waals surface area contributed by atoms with Crippen molar-refractivity contribution in [3.8, 4) is 11.5 Å². The van der Waals surface area contributed by atoms with Crippen molar-refractivity contribution in [1.29, 1.82) is 0 Å². The number of aromatic carboxylic acids is 1. The highest BCUT2D eigenvalue weighted by atomic mass is 32.2. The van der Waals surface area contributed by atoms with E-state index < -0.39 is 15.8 Å². The lowest BCUT2D eigenvalue weighted by atomic mass is 10.3. The Bertz CT molecular complexity index is 713. The summed E-state index contributed by atoms with van der Waals surface area (Å²) in [6, 6.07) is 7.45. The molecule has 0 radical (unpaired) electrons. The van der Waals surface area contributed by atoms with Crippen molar-refractivity contribution >= 4 is 27.1 Å². The van der Waals surface area contributed by atoms with Crippen LogP contribution in [0.1, 0.15) is 16.6 Å². The van der Waals surface area contributed by atoms with E-state index in [2.05, 4.69) is 0 Å². The van der Waals surface area contributed by atoms with Crippen LogP contribution in [-0.2, 0) is 9.84 Å². The summed E-state index contributed by atoms with van der Waals surface area (Å²) in [5, 5.41) is 10.4. The summed E-state index contributed by atoms with van der Waals surface area (Å²) in [6.07, 6.45) is 0. The number of carboxylic acids is 1. The molecule has 2 rings (SSSR count). The van der Waals surface area contributed by atoms with Crippen LogP contribution in [0.15, 0.2) is 40.6 Å². The van der Waals surface area contributed by atoms with Gasteiger partial charge in [0.1, 0.15) is 16.4 Å². The van der Waals surface area contributed by atoms with Crippen molar-refractivity contribution in [3.05, 3.63) is 40.6 Å². The fraction of sp³-hybridized carbons (Fsp3) is 0.154. The Hall–Kier alpha value is -1.86. The second-order valence-electron chi connectivity index (χ2n) is 3.93. The van der Waals surface area contributed by atoms with E-state index >= 15 is 0 Å². The molecule has 0 fully saturated rings. The average Bonchev–Trinajstić information content (AvgIpc) is 2.88. The maximum absolute atomic E-state index is 11.6. The summed E-state index contributed by atoms with van der Waals surface area (Å²) >= 11 is 1.07. The lowest BCUT2D eigenvalue weighted by Crippen LogP contribution is -2.03. The number of carboxylic acid groups (broad SMARTS) is 1. The molecular formula is C13H12O5S2. The number of carbonyl (C=O) groups is 1. The Labute approximate surface area is 120 Å². The molecule has 0 amide bonds. The summed E-state index contributed by atoms with van der Waals surface area (Å²) in [7, 11) is -3.23. The highest BCUT2D eigenvalue weighted by Crippen LogP contribution is 2.27. The van der Waals surface area contributed by atoms with E-state index in [1.165, 1.54) is 18.2 Å². The third kappa shape index (κ3) is 3.17. The predicted octanol–water partition coefficient (Wildman–Crippen LogP) is 3.03. The Kier molecular flexibility index (Phi) is 4.10. The smallest absolute Gasteiger partial charge is 0.346 e. The van der Waals surface area contributed by atoms with E-state index in [0.29, 0.717) is 11.5 Å². The first-order valence-corrected chi connectivity index (χ1v) is 8.28. The summed E-state index contributed by atoms with van der Waals surface area (Å²) < 4.78 is 28.8. The molecule has 1 N–H and O–H groups in total. The zero-order valence-corrected chi connectivity index (χ0v) is 12.2. The number of hydrogen-bond acceptors (Lipinski definition) is 5. The Morgan fingerprint density at radius 3 is 2.40 bits per heavy atom. The third-order valence-corrected chi connectivity index (χ3v) is 5.23. The van der Waals surface area contributed by atoms with Crippen molar-refractivity contribution < 1.29 is 23.1 Å². The van der Waals surface area contributed by atoms with Crippen molar-refractivity contribution in [1.82, 2.24) is 0 Å². The van der Waals surface area contributed by atoms with Crippen LogP contribution in [0.25, 0.3) is 0 Å². The lowest BCUT2D eigenvalue weighted by molar-refractivity contribution is 0.0702. The minimum absolute atomic E-state index is 0.0414. The molecule has 106 valence electrons. The Balaban J connectivity index is 2.16.